The van der Waals surface area contributed by atoms with Crippen LogP contribution < -0.4 is 0 Å². The lowest BCUT2D eigenvalue weighted by atomic mass is 10.0. The fourth-order valence-corrected chi connectivity index (χ4v) is 5.01. The molecule has 0 saturated heterocycles. The molecule has 3 aromatic heterocycles. The van der Waals surface area contributed by atoms with Gasteiger partial charge in [-0.2, -0.15) is 10.2 Å². The fourth-order valence-electron chi connectivity index (χ4n) is 4.46. The molecule has 9 nitrogen and oxygen atoms in total. The third kappa shape index (κ3) is 4.31. The van der Waals surface area contributed by atoms with Gasteiger partial charge in [0, 0.05) is 49.7 Å². The number of hydrogen-bond donors (Lipinski definition) is 0. The monoisotopic (exact) mass is 467 g/mol. The Morgan fingerprint density at radius 2 is 2.06 bits per heavy atom. The minimum atomic E-state index is -0.127. The van der Waals surface area contributed by atoms with Gasteiger partial charge in [0.15, 0.2) is 5.69 Å². The highest BCUT2D eigenvalue weighted by Crippen LogP contribution is 2.33. The SMILES string of the molecule is CCn1nc(C)cc1C(=O)N1CCc2c(c(C(=O)N(C)Cc3cscn3)nn2CC2CC2)C1. The Bertz CT molecular complexity index is 1180. The summed E-state index contributed by atoms with van der Waals surface area (Å²) in [6.07, 6.45) is 3.13. The number of carbonyl (C=O) groups is 2. The van der Waals surface area contributed by atoms with Crippen LogP contribution in [0.1, 0.15) is 63.4 Å². The van der Waals surface area contributed by atoms with E-state index in [1.54, 1.807) is 22.1 Å². The normalized spacial score (nSPS) is 15.5. The zero-order valence-corrected chi connectivity index (χ0v) is 20.1. The van der Waals surface area contributed by atoms with Crippen LogP contribution in [0.3, 0.4) is 0 Å². The summed E-state index contributed by atoms with van der Waals surface area (Å²) in [5.74, 6) is 0.469. The van der Waals surface area contributed by atoms with Crippen molar-refractivity contribution in [3.63, 3.8) is 0 Å². The summed E-state index contributed by atoms with van der Waals surface area (Å²) in [7, 11) is 1.78. The number of aryl methyl sites for hydroxylation is 2. The van der Waals surface area contributed by atoms with Gasteiger partial charge in [0.25, 0.3) is 11.8 Å². The van der Waals surface area contributed by atoms with Crippen LogP contribution in [0, 0.1) is 12.8 Å². The van der Waals surface area contributed by atoms with E-state index < -0.39 is 0 Å². The van der Waals surface area contributed by atoms with Crippen LogP contribution in [0.5, 0.6) is 0 Å². The van der Waals surface area contributed by atoms with Gasteiger partial charge in [-0.15, -0.1) is 11.3 Å². The van der Waals surface area contributed by atoms with E-state index in [0.717, 1.165) is 29.2 Å². The molecule has 5 rings (SSSR count). The van der Waals surface area contributed by atoms with Crippen molar-refractivity contribution in [2.75, 3.05) is 13.6 Å². The highest BCUT2D eigenvalue weighted by atomic mass is 32.1. The Hall–Kier alpha value is -3.01. The molecule has 0 spiro atoms. The van der Waals surface area contributed by atoms with Crippen molar-refractivity contribution in [2.45, 2.75) is 59.3 Å². The molecule has 1 aliphatic heterocycles. The van der Waals surface area contributed by atoms with E-state index in [4.69, 9.17) is 5.10 Å². The number of nitrogens with zero attached hydrogens (tertiary/aromatic N) is 7. The molecule has 33 heavy (non-hydrogen) atoms. The molecular formula is C23H29N7O2S. The van der Waals surface area contributed by atoms with E-state index >= 15 is 0 Å². The Morgan fingerprint density at radius 1 is 1.24 bits per heavy atom. The predicted octanol–water partition coefficient (Wildman–Crippen LogP) is 2.75. The summed E-state index contributed by atoms with van der Waals surface area (Å²) in [5, 5.41) is 11.2. The number of rotatable bonds is 7. The van der Waals surface area contributed by atoms with E-state index in [-0.39, 0.29) is 11.8 Å². The molecule has 10 heteroatoms. The van der Waals surface area contributed by atoms with Crippen molar-refractivity contribution in [1.29, 1.82) is 0 Å². The predicted molar refractivity (Wildman–Crippen MR) is 124 cm³/mol. The van der Waals surface area contributed by atoms with Gasteiger partial charge in [-0.1, -0.05) is 0 Å². The first-order valence-corrected chi connectivity index (χ1v) is 12.4. The average molecular weight is 468 g/mol. The van der Waals surface area contributed by atoms with Gasteiger partial charge >= 0.3 is 0 Å². The van der Waals surface area contributed by atoms with Crippen molar-refractivity contribution in [3.05, 3.63) is 51.0 Å². The van der Waals surface area contributed by atoms with Crippen LogP contribution in [0.25, 0.3) is 0 Å². The first-order chi connectivity index (χ1) is 15.9. The quantitative estimate of drug-likeness (QED) is 0.533. The van der Waals surface area contributed by atoms with E-state index in [2.05, 4.69) is 10.1 Å². The van der Waals surface area contributed by atoms with Crippen LogP contribution in [-0.2, 0) is 32.6 Å². The molecule has 4 heterocycles. The summed E-state index contributed by atoms with van der Waals surface area (Å²) >= 11 is 1.52. The van der Waals surface area contributed by atoms with E-state index in [1.165, 1.54) is 24.2 Å². The number of thiazole rings is 1. The molecule has 0 aromatic carbocycles. The zero-order valence-electron chi connectivity index (χ0n) is 19.3. The maximum atomic E-state index is 13.4. The van der Waals surface area contributed by atoms with Crippen LogP contribution in [0.2, 0.25) is 0 Å². The van der Waals surface area contributed by atoms with Gasteiger partial charge in [-0.3, -0.25) is 19.0 Å². The number of aromatic nitrogens is 5. The zero-order chi connectivity index (χ0) is 23.1. The van der Waals surface area contributed by atoms with Gasteiger partial charge < -0.3 is 9.80 Å². The molecule has 0 N–H and O–H groups in total. The lowest BCUT2D eigenvalue weighted by Crippen LogP contribution is -2.38. The van der Waals surface area contributed by atoms with E-state index in [1.807, 2.05) is 34.9 Å². The molecule has 0 atom stereocenters. The number of amides is 2. The second kappa shape index (κ2) is 8.74. The maximum absolute atomic E-state index is 13.4. The van der Waals surface area contributed by atoms with Crippen LogP contribution in [0.4, 0.5) is 0 Å². The van der Waals surface area contributed by atoms with Crippen molar-refractivity contribution in [2.24, 2.45) is 5.92 Å². The summed E-state index contributed by atoms with van der Waals surface area (Å²) in [6, 6.07) is 1.84. The second-order valence-electron chi connectivity index (χ2n) is 9.00. The third-order valence-electron chi connectivity index (χ3n) is 6.40. The van der Waals surface area contributed by atoms with Crippen molar-refractivity contribution in [1.82, 2.24) is 34.3 Å². The number of carbonyl (C=O) groups excluding carboxylic acids is 2. The smallest absolute Gasteiger partial charge is 0.274 e. The molecule has 1 fully saturated rings. The number of hydrogen-bond acceptors (Lipinski definition) is 6. The lowest BCUT2D eigenvalue weighted by Gasteiger charge is -2.28. The minimum Gasteiger partial charge on any atom is -0.334 e. The lowest BCUT2D eigenvalue weighted by molar-refractivity contribution is 0.0710. The van der Waals surface area contributed by atoms with Crippen LogP contribution in [0.15, 0.2) is 17.0 Å². The molecule has 3 aromatic rings. The summed E-state index contributed by atoms with van der Waals surface area (Å²) < 4.78 is 3.77. The Morgan fingerprint density at radius 3 is 2.76 bits per heavy atom. The van der Waals surface area contributed by atoms with Crippen LogP contribution >= 0.6 is 11.3 Å². The topological polar surface area (TPSA) is 89.2 Å². The molecule has 1 aliphatic carbocycles. The standard InChI is InChI=1S/C23H29N7O2S/c1-4-29-20(9-15(2)25-29)22(31)28-8-7-19-18(12-28)21(26-30(19)10-16-5-6-16)23(32)27(3)11-17-13-33-14-24-17/h9,13-14,16H,4-8,10-12H2,1-3H3. The van der Waals surface area contributed by atoms with Crippen LogP contribution in [-0.4, -0.2) is 59.8 Å². The molecule has 174 valence electrons. The van der Waals surface area contributed by atoms with E-state index in [9.17, 15) is 9.59 Å². The molecule has 0 bridgehead atoms. The largest absolute Gasteiger partial charge is 0.334 e. The minimum absolute atomic E-state index is 0.0488. The molecule has 2 aliphatic rings. The van der Waals surface area contributed by atoms with Gasteiger partial charge in [-0.05, 0) is 38.7 Å². The molecule has 0 radical (unpaired) electrons. The highest BCUT2D eigenvalue weighted by molar-refractivity contribution is 7.07. The first-order valence-electron chi connectivity index (χ1n) is 11.5. The molecular weight excluding hydrogens is 438 g/mol. The van der Waals surface area contributed by atoms with Crippen molar-refractivity contribution >= 4 is 23.2 Å². The fraction of sp³-hybridized carbons (Fsp3) is 0.522. The highest BCUT2D eigenvalue weighted by Gasteiger charge is 2.34. The molecule has 0 unspecified atom stereocenters. The summed E-state index contributed by atoms with van der Waals surface area (Å²) in [6.45, 7) is 6.79. The Labute approximate surface area is 197 Å². The van der Waals surface area contributed by atoms with Gasteiger partial charge in [0.05, 0.1) is 30.0 Å². The third-order valence-corrected chi connectivity index (χ3v) is 7.04. The second-order valence-corrected chi connectivity index (χ2v) is 9.72. The Kier molecular flexibility index (Phi) is 5.77. The number of fused-ring (bicyclic) bond motifs is 1. The van der Waals surface area contributed by atoms with Crippen molar-refractivity contribution < 1.29 is 9.59 Å². The first kappa shape index (κ1) is 21.8. The molecule has 1 saturated carbocycles. The van der Waals surface area contributed by atoms with Gasteiger partial charge in [0.1, 0.15) is 5.69 Å². The Balaban J connectivity index is 1.43. The summed E-state index contributed by atoms with van der Waals surface area (Å²) in [4.78, 5) is 34.6. The average Bonchev–Trinajstić information content (AvgIpc) is 3.18. The van der Waals surface area contributed by atoms with Crippen molar-refractivity contribution in [3.8, 4) is 0 Å². The summed E-state index contributed by atoms with van der Waals surface area (Å²) in [5.41, 5.74) is 6.49. The van der Waals surface area contributed by atoms with E-state index in [0.29, 0.717) is 49.9 Å². The molecule has 2 amide bonds. The van der Waals surface area contributed by atoms with Gasteiger partial charge in [-0.25, -0.2) is 4.98 Å². The van der Waals surface area contributed by atoms with Gasteiger partial charge in [0.2, 0.25) is 0 Å². The maximum Gasteiger partial charge on any atom is 0.274 e.